The van der Waals surface area contributed by atoms with Gasteiger partial charge in [-0.05, 0) is 40.2 Å². The Labute approximate surface area is 117 Å². The van der Waals surface area contributed by atoms with Gasteiger partial charge >= 0.3 is 0 Å². The maximum absolute atomic E-state index is 13.2. The molecule has 1 heterocycles. The molecule has 2 nitrogen and oxygen atoms in total. The van der Waals surface area contributed by atoms with Crippen molar-refractivity contribution in [2.45, 2.75) is 0 Å². The lowest BCUT2D eigenvalue weighted by atomic mass is 10.0. The summed E-state index contributed by atoms with van der Waals surface area (Å²) in [6, 6.07) is 11.9. The van der Waals surface area contributed by atoms with Crippen LogP contribution in [0.1, 0.15) is 15.9 Å². The number of hydrogen-bond donors (Lipinski definition) is 1. The van der Waals surface area contributed by atoms with Crippen molar-refractivity contribution in [1.29, 1.82) is 0 Å². The van der Waals surface area contributed by atoms with Crippen molar-refractivity contribution in [2.75, 3.05) is 0 Å². The number of fused-ring (bicyclic) bond motifs is 1. The first-order valence-corrected chi connectivity index (χ1v) is 6.52. The fraction of sp³-hybridized carbons (Fsp3) is 0. The van der Waals surface area contributed by atoms with E-state index < -0.39 is 0 Å². The van der Waals surface area contributed by atoms with Crippen LogP contribution in [0.4, 0.5) is 4.39 Å². The quantitative estimate of drug-likeness (QED) is 0.702. The Bertz CT molecular complexity index is 779. The monoisotopic (exact) mass is 317 g/mol. The van der Waals surface area contributed by atoms with Crippen LogP contribution in [0.15, 0.2) is 53.1 Å². The molecule has 0 atom stereocenters. The summed E-state index contributed by atoms with van der Waals surface area (Å²) < 4.78 is 13.5. The third kappa shape index (κ3) is 2.08. The van der Waals surface area contributed by atoms with Crippen molar-refractivity contribution in [3.63, 3.8) is 0 Å². The van der Waals surface area contributed by atoms with Crippen molar-refractivity contribution in [2.24, 2.45) is 0 Å². The molecule has 2 aromatic carbocycles. The largest absolute Gasteiger partial charge is 0.360 e. The van der Waals surface area contributed by atoms with Gasteiger partial charge in [0.15, 0.2) is 5.78 Å². The summed E-state index contributed by atoms with van der Waals surface area (Å²) in [5.74, 6) is -0.506. The third-order valence-electron chi connectivity index (χ3n) is 3.02. The molecule has 0 saturated heterocycles. The zero-order valence-corrected chi connectivity index (χ0v) is 11.4. The van der Waals surface area contributed by atoms with E-state index >= 15 is 0 Å². The normalized spacial score (nSPS) is 10.8. The maximum Gasteiger partial charge on any atom is 0.195 e. The number of aromatic amines is 1. The predicted octanol–water partition coefficient (Wildman–Crippen LogP) is 4.30. The second-order valence-corrected chi connectivity index (χ2v) is 5.06. The molecule has 0 spiro atoms. The van der Waals surface area contributed by atoms with Gasteiger partial charge in [0.25, 0.3) is 0 Å². The molecule has 0 bridgehead atoms. The zero-order valence-electron chi connectivity index (χ0n) is 9.78. The molecule has 0 aliphatic carbocycles. The van der Waals surface area contributed by atoms with Gasteiger partial charge in [-0.25, -0.2) is 4.39 Å². The molecule has 1 aromatic heterocycles. The standard InChI is InChI=1S/C15H9BrFNO/c16-12-7-9(5-6-13(12)17)15(19)11-8-18-14-4-2-1-3-10(11)14/h1-8,18H. The SMILES string of the molecule is O=C(c1ccc(F)c(Br)c1)c1c[nH]c2ccccc12. The van der Waals surface area contributed by atoms with Crippen LogP contribution >= 0.6 is 15.9 Å². The summed E-state index contributed by atoms with van der Waals surface area (Å²) in [6.45, 7) is 0. The van der Waals surface area contributed by atoms with Crippen molar-refractivity contribution in [1.82, 2.24) is 4.98 Å². The molecule has 1 N–H and O–H groups in total. The number of H-pyrrole nitrogens is 1. The van der Waals surface area contributed by atoms with Gasteiger partial charge in [0, 0.05) is 28.2 Å². The number of ketones is 1. The zero-order chi connectivity index (χ0) is 13.4. The van der Waals surface area contributed by atoms with Crippen LogP contribution in [0, 0.1) is 5.82 Å². The van der Waals surface area contributed by atoms with E-state index in [4.69, 9.17) is 0 Å². The van der Waals surface area contributed by atoms with Gasteiger partial charge in [0.2, 0.25) is 0 Å². The lowest BCUT2D eigenvalue weighted by molar-refractivity contribution is 0.104. The second-order valence-electron chi connectivity index (χ2n) is 4.21. The summed E-state index contributed by atoms with van der Waals surface area (Å²) >= 11 is 3.09. The first-order chi connectivity index (χ1) is 9.16. The number of hydrogen-bond acceptors (Lipinski definition) is 1. The Kier molecular flexibility index (Phi) is 2.95. The highest BCUT2D eigenvalue weighted by Crippen LogP contribution is 2.23. The van der Waals surface area contributed by atoms with Crippen molar-refractivity contribution >= 4 is 32.6 Å². The maximum atomic E-state index is 13.2. The summed E-state index contributed by atoms with van der Waals surface area (Å²) in [7, 11) is 0. The van der Waals surface area contributed by atoms with E-state index in [1.54, 1.807) is 6.20 Å². The topological polar surface area (TPSA) is 32.9 Å². The van der Waals surface area contributed by atoms with Gasteiger partial charge < -0.3 is 4.98 Å². The molecule has 0 aliphatic rings. The lowest BCUT2D eigenvalue weighted by Gasteiger charge is -2.01. The van der Waals surface area contributed by atoms with Gasteiger partial charge in [-0.3, -0.25) is 4.79 Å². The average molecular weight is 318 g/mol. The summed E-state index contributed by atoms with van der Waals surface area (Å²) in [6.07, 6.45) is 1.68. The second kappa shape index (κ2) is 4.63. The number of rotatable bonds is 2. The van der Waals surface area contributed by atoms with E-state index in [-0.39, 0.29) is 16.1 Å². The van der Waals surface area contributed by atoms with Crippen LogP contribution in [-0.2, 0) is 0 Å². The Balaban J connectivity index is 2.11. The van der Waals surface area contributed by atoms with E-state index in [9.17, 15) is 9.18 Å². The van der Waals surface area contributed by atoms with E-state index in [1.807, 2.05) is 24.3 Å². The molecule has 0 saturated carbocycles. The molecule has 0 aliphatic heterocycles. The van der Waals surface area contributed by atoms with Gasteiger partial charge in [-0.1, -0.05) is 18.2 Å². The summed E-state index contributed by atoms with van der Waals surface area (Å²) in [5.41, 5.74) is 1.96. The Morgan fingerprint density at radius 2 is 1.95 bits per heavy atom. The first kappa shape index (κ1) is 12.1. The molecular formula is C15H9BrFNO. The molecule has 0 fully saturated rings. The molecule has 94 valence electrons. The highest BCUT2D eigenvalue weighted by molar-refractivity contribution is 9.10. The molecule has 3 rings (SSSR count). The predicted molar refractivity (Wildman–Crippen MR) is 75.8 cm³/mol. The number of aromatic nitrogens is 1. The molecule has 0 radical (unpaired) electrons. The molecule has 0 amide bonds. The summed E-state index contributed by atoms with van der Waals surface area (Å²) in [5, 5.41) is 0.868. The minimum absolute atomic E-state index is 0.127. The molecule has 0 unspecified atom stereocenters. The Morgan fingerprint density at radius 3 is 2.74 bits per heavy atom. The minimum Gasteiger partial charge on any atom is -0.360 e. The molecule has 3 aromatic rings. The number of halogens is 2. The number of para-hydroxylation sites is 1. The van der Waals surface area contributed by atoms with Crippen LogP contribution in [0.25, 0.3) is 10.9 Å². The van der Waals surface area contributed by atoms with Crippen molar-refractivity contribution in [3.05, 3.63) is 70.1 Å². The average Bonchev–Trinajstić information content (AvgIpc) is 2.85. The fourth-order valence-electron chi connectivity index (χ4n) is 2.05. The molecule has 19 heavy (non-hydrogen) atoms. The number of nitrogens with one attached hydrogen (secondary N) is 1. The number of carbonyl (C=O) groups excluding carboxylic acids is 1. The van der Waals surface area contributed by atoms with Gasteiger partial charge in [-0.15, -0.1) is 0 Å². The van der Waals surface area contributed by atoms with E-state index in [0.717, 1.165) is 10.9 Å². The van der Waals surface area contributed by atoms with E-state index in [0.29, 0.717) is 11.1 Å². The molecule has 4 heteroatoms. The van der Waals surface area contributed by atoms with Crippen LogP contribution < -0.4 is 0 Å². The number of benzene rings is 2. The van der Waals surface area contributed by atoms with E-state index in [2.05, 4.69) is 20.9 Å². The van der Waals surface area contributed by atoms with Crippen molar-refractivity contribution in [3.8, 4) is 0 Å². The van der Waals surface area contributed by atoms with Crippen molar-refractivity contribution < 1.29 is 9.18 Å². The van der Waals surface area contributed by atoms with E-state index in [1.165, 1.54) is 18.2 Å². The van der Waals surface area contributed by atoms with Gasteiger partial charge in [0.1, 0.15) is 5.82 Å². The molecular weight excluding hydrogens is 309 g/mol. The highest BCUT2D eigenvalue weighted by Gasteiger charge is 2.15. The Hall–Kier alpha value is -1.94. The van der Waals surface area contributed by atoms with Gasteiger partial charge in [-0.2, -0.15) is 0 Å². The van der Waals surface area contributed by atoms with Crippen LogP contribution in [0.5, 0.6) is 0 Å². The lowest BCUT2D eigenvalue weighted by Crippen LogP contribution is -2.00. The van der Waals surface area contributed by atoms with Crippen LogP contribution in [-0.4, -0.2) is 10.8 Å². The third-order valence-corrected chi connectivity index (χ3v) is 3.62. The van der Waals surface area contributed by atoms with Gasteiger partial charge in [0.05, 0.1) is 4.47 Å². The summed E-state index contributed by atoms with van der Waals surface area (Å²) in [4.78, 5) is 15.5. The first-order valence-electron chi connectivity index (χ1n) is 5.72. The smallest absolute Gasteiger partial charge is 0.195 e. The highest BCUT2D eigenvalue weighted by atomic mass is 79.9. The number of carbonyl (C=O) groups is 1. The van der Waals surface area contributed by atoms with Crippen LogP contribution in [0.3, 0.4) is 0 Å². The minimum atomic E-state index is -0.379. The fourth-order valence-corrected chi connectivity index (χ4v) is 2.43. The Morgan fingerprint density at radius 1 is 1.16 bits per heavy atom. The van der Waals surface area contributed by atoms with Crippen LogP contribution in [0.2, 0.25) is 0 Å².